The smallest absolute Gasteiger partial charge is 0.309 e. The van der Waals surface area contributed by atoms with Gasteiger partial charge in [0.1, 0.15) is 0 Å². The van der Waals surface area contributed by atoms with Crippen LogP contribution in [-0.4, -0.2) is 57.8 Å². The number of benzene rings is 1. The van der Waals surface area contributed by atoms with Gasteiger partial charge in [0, 0.05) is 40.0 Å². The highest BCUT2D eigenvalue weighted by Gasteiger charge is 2.15. The number of aliphatic hydroxyl groups excluding tert-OH is 1. The fourth-order valence-corrected chi connectivity index (χ4v) is 1.73. The minimum atomic E-state index is -0.869. The van der Waals surface area contributed by atoms with Crippen LogP contribution in [0.5, 0.6) is 0 Å². The Morgan fingerprint density at radius 3 is 2.32 bits per heavy atom. The third-order valence-corrected chi connectivity index (χ3v) is 3.05. The van der Waals surface area contributed by atoms with E-state index in [1.165, 1.54) is 7.11 Å². The van der Waals surface area contributed by atoms with E-state index < -0.39 is 17.9 Å². The van der Waals surface area contributed by atoms with E-state index in [4.69, 9.17) is 4.74 Å². The van der Waals surface area contributed by atoms with Crippen molar-refractivity contribution in [1.29, 1.82) is 0 Å². The monoisotopic (exact) mass is 309 g/mol. The molecule has 0 heterocycles. The first kappa shape index (κ1) is 17.9. The number of carbonyl (C=O) groups excluding carboxylic acids is 2. The normalized spacial score (nSPS) is 11.6. The van der Waals surface area contributed by atoms with Crippen LogP contribution in [0, 0.1) is 0 Å². The third-order valence-electron chi connectivity index (χ3n) is 3.05. The molecule has 3 N–H and O–H groups in total. The second-order valence-electron chi connectivity index (χ2n) is 4.96. The summed E-state index contributed by atoms with van der Waals surface area (Å²) in [5.74, 6) is -1.52. The van der Waals surface area contributed by atoms with E-state index in [9.17, 15) is 14.7 Å². The Balaban J connectivity index is 2.43. The molecule has 1 aromatic carbocycles. The maximum absolute atomic E-state index is 11.5. The first-order valence-electron chi connectivity index (χ1n) is 6.96. The van der Waals surface area contributed by atoms with E-state index in [2.05, 4.69) is 10.6 Å². The van der Waals surface area contributed by atoms with Crippen molar-refractivity contribution < 1.29 is 19.4 Å². The highest BCUT2D eigenvalue weighted by Crippen LogP contribution is 2.17. The minimum absolute atomic E-state index is 0.0299. The average molecular weight is 309 g/mol. The Labute approximate surface area is 130 Å². The topological polar surface area (TPSA) is 90.9 Å². The number of ether oxygens (including phenoxy) is 1. The van der Waals surface area contributed by atoms with Gasteiger partial charge in [-0.1, -0.05) is 12.1 Å². The lowest BCUT2D eigenvalue weighted by Gasteiger charge is -2.15. The summed E-state index contributed by atoms with van der Waals surface area (Å²) in [6, 6.07) is 7.31. The fraction of sp³-hybridized carbons (Fsp3) is 0.467. The van der Waals surface area contributed by atoms with Gasteiger partial charge in [-0.2, -0.15) is 0 Å². The summed E-state index contributed by atoms with van der Waals surface area (Å²) in [7, 11) is 5.35. The SMILES string of the molecule is COCCNC(=O)C(=O)NCC(O)c1ccc(N(C)C)cc1. The molecule has 0 aromatic heterocycles. The molecule has 0 bridgehead atoms. The second kappa shape index (κ2) is 9.01. The number of carbonyl (C=O) groups is 2. The van der Waals surface area contributed by atoms with Gasteiger partial charge in [0.25, 0.3) is 0 Å². The van der Waals surface area contributed by atoms with Crippen molar-refractivity contribution in [1.82, 2.24) is 10.6 Å². The number of anilines is 1. The summed E-state index contributed by atoms with van der Waals surface area (Å²) < 4.78 is 4.76. The van der Waals surface area contributed by atoms with Crippen molar-refractivity contribution in [3.05, 3.63) is 29.8 Å². The molecule has 0 radical (unpaired) electrons. The summed E-state index contributed by atoms with van der Waals surface area (Å²) in [6.45, 7) is 0.564. The highest BCUT2D eigenvalue weighted by molar-refractivity contribution is 6.35. The van der Waals surface area contributed by atoms with Crippen molar-refractivity contribution >= 4 is 17.5 Å². The molecule has 0 saturated carbocycles. The Kier molecular flexibility index (Phi) is 7.34. The molecule has 1 atom stereocenters. The van der Waals surface area contributed by atoms with Gasteiger partial charge >= 0.3 is 11.8 Å². The molecule has 0 aliphatic heterocycles. The van der Waals surface area contributed by atoms with Gasteiger partial charge < -0.3 is 25.4 Å². The zero-order valence-corrected chi connectivity index (χ0v) is 13.1. The predicted molar refractivity (Wildman–Crippen MR) is 83.6 cm³/mol. The van der Waals surface area contributed by atoms with Crippen LogP contribution in [0.4, 0.5) is 5.69 Å². The number of rotatable bonds is 7. The number of hydrogen-bond donors (Lipinski definition) is 3. The number of nitrogens with one attached hydrogen (secondary N) is 2. The standard InChI is InChI=1S/C15H23N3O4/c1-18(2)12-6-4-11(5-7-12)13(19)10-17-15(21)14(20)16-8-9-22-3/h4-7,13,19H,8-10H2,1-3H3,(H,16,20)(H,17,21). The van der Waals surface area contributed by atoms with Gasteiger partial charge in [-0.25, -0.2) is 0 Å². The highest BCUT2D eigenvalue weighted by atomic mass is 16.5. The first-order valence-corrected chi connectivity index (χ1v) is 6.96. The molecule has 1 rings (SSSR count). The van der Waals surface area contributed by atoms with E-state index in [1.807, 2.05) is 31.1 Å². The average Bonchev–Trinajstić information content (AvgIpc) is 2.52. The Morgan fingerprint density at radius 2 is 1.77 bits per heavy atom. The lowest BCUT2D eigenvalue weighted by Crippen LogP contribution is -2.42. The molecule has 0 fully saturated rings. The molecule has 1 unspecified atom stereocenters. The van der Waals surface area contributed by atoms with Gasteiger partial charge in [0.05, 0.1) is 12.7 Å². The maximum atomic E-state index is 11.5. The summed E-state index contributed by atoms with van der Waals surface area (Å²) in [5, 5.41) is 14.8. The van der Waals surface area contributed by atoms with Crippen LogP contribution in [-0.2, 0) is 14.3 Å². The molecule has 7 nitrogen and oxygen atoms in total. The van der Waals surface area contributed by atoms with Crippen LogP contribution in [0.1, 0.15) is 11.7 Å². The van der Waals surface area contributed by atoms with Gasteiger partial charge in [-0.05, 0) is 17.7 Å². The molecule has 7 heteroatoms. The van der Waals surface area contributed by atoms with Crippen LogP contribution in [0.25, 0.3) is 0 Å². The molecule has 0 aliphatic rings. The molecule has 2 amide bonds. The molecule has 0 aliphatic carbocycles. The van der Waals surface area contributed by atoms with Gasteiger partial charge in [0.15, 0.2) is 0 Å². The van der Waals surface area contributed by atoms with Crippen molar-refractivity contribution in [3.8, 4) is 0 Å². The zero-order valence-electron chi connectivity index (χ0n) is 13.1. The molecule has 1 aromatic rings. The van der Waals surface area contributed by atoms with E-state index >= 15 is 0 Å². The molecular formula is C15H23N3O4. The van der Waals surface area contributed by atoms with Crippen LogP contribution in [0.3, 0.4) is 0 Å². The van der Waals surface area contributed by atoms with Crippen molar-refractivity contribution in [3.63, 3.8) is 0 Å². The van der Waals surface area contributed by atoms with Crippen LogP contribution in [0.2, 0.25) is 0 Å². The molecule has 122 valence electrons. The predicted octanol–water partition coefficient (Wildman–Crippen LogP) is -0.335. The van der Waals surface area contributed by atoms with Crippen LogP contribution >= 0.6 is 0 Å². The van der Waals surface area contributed by atoms with Gasteiger partial charge in [0.2, 0.25) is 0 Å². The van der Waals surface area contributed by atoms with Crippen LogP contribution in [0.15, 0.2) is 24.3 Å². The number of hydrogen-bond acceptors (Lipinski definition) is 5. The lowest BCUT2D eigenvalue weighted by atomic mass is 10.1. The number of methoxy groups -OCH3 is 1. The van der Waals surface area contributed by atoms with Gasteiger partial charge in [-0.15, -0.1) is 0 Å². The second-order valence-corrected chi connectivity index (χ2v) is 4.96. The number of amides is 2. The third kappa shape index (κ3) is 5.71. The number of nitrogens with zero attached hydrogens (tertiary/aromatic N) is 1. The van der Waals surface area contributed by atoms with E-state index in [1.54, 1.807) is 12.1 Å². The maximum Gasteiger partial charge on any atom is 0.309 e. The van der Waals surface area contributed by atoms with Crippen molar-refractivity contribution in [2.24, 2.45) is 0 Å². The van der Waals surface area contributed by atoms with Crippen molar-refractivity contribution in [2.45, 2.75) is 6.10 Å². The Hall–Kier alpha value is -2.12. The minimum Gasteiger partial charge on any atom is -0.387 e. The van der Waals surface area contributed by atoms with Crippen LogP contribution < -0.4 is 15.5 Å². The zero-order chi connectivity index (χ0) is 16.5. The molecule has 22 heavy (non-hydrogen) atoms. The first-order chi connectivity index (χ1) is 10.5. The molecule has 0 spiro atoms. The summed E-state index contributed by atoms with van der Waals surface area (Å²) in [6.07, 6.45) is -0.869. The summed E-state index contributed by atoms with van der Waals surface area (Å²) >= 11 is 0. The van der Waals surface area contributed by atoms with Gasteiger partial charge in [-0.3, -0.25) is 9.59 Å². The Bertz CT molecular complexity index is 488. The summed E-state index contributed by atoms with van der Waals surface area (Å²) in [5.41, 5.74) is 1.68. The largest absolute Gasteiger partial charge is 0.387 e. The Morgan fingerprint density at radius 1 is 1.18 bits per heavy atom. The van der Waals surface area contributed by atoms with E-state index in [0.717, 1.165) is 5.69 Å². The summed E-state index contributed by atoms with van der Waals surface area (Å²) in [4.78, 5) is 24.9. The quantitative estimate of drug-likeness (QED) is 0.474. The van der Waals surface area contributed by atoms with E-state index in [0.29, 0.717) is 12.2 Å². The molecule has 0 saturated heterocycles. The lowest BCUT2D eigenvalue weighted by molar-refractivity contribution is -0.139. The van der Waals surface area contributed by atoms with Crippen molar-refractivity contribution in [2.75, 3.05) is 45.8 Å². The fourth-order valence-electron chi connectivity index (χ4n) is 1.73. The molecular weight excluding hydrogens is 286 g/mol. The van der Waals surface area contributed by atoms with E-state index in [-0.39, 0.29) is 13.1 Å². The number of aliphatic hydroxyl groups is 1.